The molecule has 0 radical (unpaired) electrons. The van der Waals surface area contributed by atoms with Gasteiger partial charge in [0.1, 0.15) is 5.54 Å². The summed E-state index contributed by atoms with van der Waals surface area (Å²) in [5.74, 6) is -0.582. The van der Waals surface area contributed by atoms with Crippen LogP contribution in [0.15, 0.2) is 42.5 Å². The Balaban J connectivity index is 1.89. The van der Waals surface area contributed by atoms with E-state index in [0.29, 0.717) is 35.1 Å². The maximum Gasteiger partial charge on any atom is 0.249 e. The number of carbonyl (C=O) groups excluding carboxylic acids is 2. The third kappa shape index (κ3) is 3.00. The van der Waals surface area contributed by atoms with Gasteiger partial charge in [-0.2, -0.15) is 0 Å². The van der Waals surface area contributed by atoms with Crippen molar-refractivity contribution in [2.45, 2.75) is 30.8 Å². The van der Waals surface area contributed by atoms with E-state index in [1.54, 1.807) is 18.2 Å². The molecule has 2 aliphatic rings. The van der Waals surface area contributed by atoms with Crippen LogP contribution in [0.25, 0.3) is 0 Å². The van der Waals surface area contributed by atoms with Crippen molar-refractivity contribution in [1.82, 2.24) is 4.90 Å². The second-order valence-electron chi connectivity index (χ2n) is 7.06. The number of hydrogen-bond acceptors (Lipinski definition) is 3. The van der Waals surface area contributed by atoms with Gasteiger partial charge in [0.15, 0.2) is 0 Å². The first kappa shape index (κ1) is 18.3. The van der Waals surface area contributed by atoms with Crippen molar-refractivity contribution in [1.29, 1.82) is 0 Å². The van der Waals surface area contributed by atoms with Crippen molar-refractivity contribution in [2.24, 2.45) is 5.73 Å². The van der Waals surface area contributed by atoms with Crippen molar-refractivity contribution in [3.05, 3.63) is 63.6 Å². The van der Waals surface area contributed by atoms with E-state index in [1.807, 2.05) is 29.2 Å². The van der Waals surface area contributed by atoms with Crippen LogP contribution in [-0.2, 0) is 21.5 Å². The number of hydrogen-bond donors (Lipinski definition) is 2. The molecule has 7 heteroatoms. The molecule has 0 bridgehead atoms. The molecule has 0 spiro atoms. The topological polar surface area (TPSA) is 75.4 Å². The number of rotatable bonds is 4. The summed E-state index contributed by atoms with van der Waals surface area (Å²) in [6, 6.07) is 12.3. The number of anilines is 1. The highest BCUT2D eigenvalue weighted by molar-refractivity contribution is 6.31. The number of nitrogens with zero attached hydrogens (tertiary/aromatic N) is 1. The van der Waals surface area contributed by atoms with Crippen LogP contribution in [-0.4, -0.2) is 29.3 Å². The van der Waals surface area contributed by atoms with E-state index in [9.17, 15) is 9.59 Å². The molecule has 140 valence electrons. The molecule has 2 heterocycles. The van der Waals surface area contributed by atoms with Crippen LogP contribution in [0.2, 0.25) is 10.0 Å². The number of amides is 2. The molecule has 0 aromatic heterocycles. The Labute approximate surface area is 167 Å². The van der Waals surface area contributed by atoms with E-state index >= 15 is 0 Å². The second-order valence-corrected chi connectivity index (χ2v) is 7.94. The number of halogens is 2. The zero-order valence-electron chi connectivity index (χ0n) is 14.5. The third-order valence-electron chi connectivity index (χ3n) is 5.47. The third-order valence-corrected chi connectivity index (χ3v) is 5.94. The Hall–Kier alpha value is -2.08. The van der Waals surface area contributed by atoms with Gasteiger partial charge in [-0.05, 0) is 42.7 Å². The maximum atomic E-state index is 13.3. The monoisotopic (exact) mass is 403 g/mol. The maximum absolute atomic E-state index is 13.3. The molecule has 3 N–H and O–H groups in total. The number of nitrogens with one attached hydrogen (secondary N) is 1. The van der Waals surface area contributed by atoms with Crippen molar-refractivity contribution in [2.75, 3.05) is 11.9 Å². The standard InChI is InChI=1S/C20H19Cl2N3O2/c21-13-4-1-3-12(9-13)11-20(25-8-2-5-17(25)18(23)26)15-7-6-14(22)10-16(15)24-19(20)27/h1,3-4,6-7,9-10,17H,2,5,8,11H2,(H2,23,26)(H,24,27)/t17-,20?/m0/s1. The van der Waals surface area contributed by atoms with E-state index in [0.717, 1.165) is 17.5 Å². The van der Waals surface area contributed by atoms with Crippen molar-refractivity contribution < 1.29 is 9.59 Å². The molecular formula is C20H19Cl2N3O2. The molecule has 27 heavy (non-hydrogen) atoms. The molecule has 1 unspecified atom stereocenters. The zero-order valence-corrected chi connectivity index (χ0v) is 16.1. The molecule has 5 nitrogen and oxygen atoms in total. The number of likely N-dealkylation sites (tertiary alicyclic amines) is 1. The second kappa shape index (κ2) is 6.82. The number of benzene rings is 2. The molecule has 2 atom stereocenters. The van der Waals surface area contributed by atoms with Gasteiger partial charge in [-0.25, -0.2) is 0 Å². The zero-order chi connectivity index (χ0) is 19.2. The summed E-state index contributed by atoms with van der Waals surface area (Å²) in [5.41, 5.74) is 7.03. The van der Waals surface area contributed by atoms with Gasteiger partial charge in [-0.3, -0.25) is 14.5 Å². The number of fused-ring (bicyclic) bond motifs is 1. The fraction of sp³-hybridized carbons (Fsp3) is 0.300. The molecule has 2 aliphatic heterocycles. The summed E-state index contributed by atoms with van der Waals surface area (Å²) in [7, 11) is 0. The number of primary amides is 1. The molecule has 2 aromatic carbocycles. The highest BCUT2D eigenvalue weighted by Gasteiger charge is 2.55. The molecule has 2 aromatic rings. The van der Waals surface area contributed by atoms with E-state index in [2.05, 4.69) is 5.32 Å². The van der Waals surface area contributed by atoms with Gasteiger partial charge >= 0.3 is 0 Å². The van der Waals surface area contributed by atoms with Crippen LogP contribution in [0.1, 0.15) is 24.0 Å². The predicted molar refractivity (Wildman–Crippen MR) is 106 cm³/mol. The van der Waals surface area contributed by atoms with Crippen molar-refractivity contribution in [3.8, 4) is 0 Å². The molecule has 4 rings (SSSR count). The first-order valence-corrected chi connectivity index (χ1v) is 9.59. The molecular weight excluding hydrogens is 385 g/mol. The van der Waals surface area contributed by atoms with Crippen LogP contribution in [0, 0.1) is 0 Å². The lowest BCUT2D eigenvalue weighted by atomic mass is 9.82. The number of carbonyl (C=O) groups is 2. The molecule has 1 saturated heterocycles. The minimum Gasteiger partial charge on any atom is -0.368 e. The van der Waals surface area contributed by atoms with Gasteiger partial charge in [0.05, 0.1) is 6.04 Å². The van der Waals surface area contributed by atoms with Crippen LogP contribution >= 0.6 is 23.2 Å². The molecule has 0 aliphatic carbocycles. The normalized spacial score (nSPS) is 24.7. The van der Waals surface area contributed by atoms with Crippen molar-refractivity contribution >= 4 is 40.7 Å². The SMILES string of the molecule is NC(=O)[C@@H]1CCCN1C1(Cc2cccc(Cl)c2)C(=O)Nc2cc(Cl)ccc21. The smallest absolute Gasteiger partial charge is 0.249 e. The predicted octanol–water partition coefficient (Wildman–Crippen LogP) is 3.33. The largest absolute Gasteiger partial charge is 0.368 e. The Morgan fingerprint density at radius 2 is 2.00 bits per heavy atom. The van der Waals surface area contributed by atoms with Crippen LogP contribution < -0.4 is 11.1 Å². The fourth-order valence-corrected chi connectivity index (χ4v) is 4.74. The van der Waals surface area contributed by atoms with Gasteiger partial charge < -0.3 is 11.1 Å². The van der Waals surface area contributed by atoms with E-state index in [4.69, 9.17) is 28.9 Å². The quantitative estimate of drug-likeness (QED) is 0.821. The minimum absolute atomic E-state index is 0.173. The van der Waals surface area contributed by atoms with E-state index in [-0.39, 0.29) is 5.91 Å². The van der Waals surface area contributed by atoms with Crippen LogP contribution in [0.5, 0.6) is 0 Å². The first-order chi connectivity index (χ1) is 12.9. The first-order valence-electron chi connectivity index (χ1n) is 8.84. The Bertz CT molecular complexity index is 933. The highest BCUT2D eigenvalue weighted by atomic mass is 35.5. The summed E-state index contributed by atoms with van der Waals surface area (Å²) >= 11 is 12.3. The lowest BCUT2D eigenvalue weighted by molar-refractivity contribution is -0.133. The average molecular weight is 404 g/mol. The summed E-state index contributed by atoms with van der Waals surface area (Å²) in [6.07, 6.45) is 1.84. The van der Waals surface area contributed by atoms with E-state index < -0.39 is 17.5 Å². The van der Waals surface area contributed by atoms with Gasteiger partial charge in [-0.15, -0.1) is 0 Å². The van der Waals surface area contributed by atoms with Gasteiger partial charge in [0.2, 0.25) is 11.8 Å². The lowest BCUT2D eigenvalue weighted by Gasteiger charge is -2.40. The molecule has 0 saturated carbocycles. The van der Waals surface area contributed by atoms with Gasteiger partial charge in [0, 0.05) is 34.3 Å². The average Bonchev–Trinajstić information content (AvgIpc) is 3.19. The highest BCUT2D eigenvalue weighted by Crippen LogP contribution is 2.46. The van der Waals surface area contributed by atoms with Crippen LogP contribution in [0.4, 0.5) is 5.69 Å². The Morgan fingerprint density at radius 3 is 2.74 bits per heavy atom. The van der Waals surface area contributed by atoms with Crippen LogP contribution in [0.3, 0.4) is 0 Å². The number of nitrogens with two attached hydrogens (primary N) is 1. The Morgan fingerprint density at radius 1 is 1.22 bits per heavy atom. The summed E-state index contributed by atoms with van der Waals surface area (Å²) in [4.78, 5) is 27.4. The molecule has 1 fully saturated rings. The Kier molecular flexibility index (Phi) is 4.62. The van der Waals surface area contributed by atoms with Gasteiger partial charge in [-0.1, -0.05) is 41.4 Å². The van der Waals surface area contributed by atoms with Gasteiger partial charge in [0.25, 0.3) is 0 Å². The summed E-state index contributed by atoms with van der Waals surface area (Å²) in [5, 5.41) is 4.09. The fourth-order valence-electron chi connectivity index (χ4n) is 4.35. The van der Waals surface area contributed by atoms with Crippen molar-refractivity contribution in [3.63, 3.8) is 0 Å². The summed E-state index contributed by atoms with van der Waals surface area (Å²) in [6.45, 7) is 0.615. The summed E-state index contributed by atoms with van der Waals surface area (Å²) < 4.78 is 0. The minimum atomic E-state index is -1.03. The molecule has 2 amide bonds. The lowest BCUT2D eigenvalue weighted by Crippen LogP contribution is -2.57. The van der Waals surface area contributed by atoms with E-state index in [1.165, 1.54) is 0 Å².